The SMILES string of the molecule is COC(=O)C1=C(C[P+](c2ccccc2)(c2ccccc2)c2ccccc2)C[S@](=O)[C@@H]2[C@H](NC(=O)COc3ccccc3)C(=O)N12.[Br-]. The van der Waals surface area contributed by atoms with Crippen molar-refractivity contribution in [3.63, 3.8) is 0 Å². The number of hydrogen-bond acceptors (Lipinski definition) is 6. The third-order valence-corrected chi connectivity index (χ3v) is 14.1. The second kappa shape index (κ2) is 14.5. The van der Waals surface area contributed by atoms with Crippen molar-refractivity contribution >= 4 is 51.8 Å². The van der Waals surface area contributed by atoms with Crippen molar-refractivity contribution in [3.05, 3.63) is 133 Å². The summed E-state index contributed by atoms with van der Waals surface area (Å²) in [6.45, 7) is -0.309. The molecule has 46 heavy (non-hydrogen) atoms. The molecule has 1 fully saturated rings. The summed E-state index contributed by atoms with van der Waals surface area (Å²) in [5, 5.41) is 5.04. The van der Waals surface area contributed by atoms with E-state index in [2.05, 4.69) is 41.7 Å². The van der Waals surface area contributed by atoms with Gasteiger partial charge in [-0.25, -0.2) is 4.79 Å². The summed E-state index contributed by atoms with van der Waals surface area (Å²) in [5.74, 6) is -1.14. The number of nitrogens with zero attached hydrogens (tertiary/aromatic N) is 1. The number of amides is 2. The van der Waals surface area contributed by atoms with Crippen LogP contribution in [0.1, 0.15) is 0 Å². The van der Waals surface area contributed by atoms with Crippen molar-refractivity contribution in [2.45, 2.75) is 11.4 Å². The predicted molar refractivity (Wildman–Crippen MR) is 177 cm³/mol. The minimum absolute atomic E-state index is 0. The van der Waals surface area contributed by atoms with Crippen molar-refractivity contribution < 1.29 is 45.0 Å². The maximum Gasteiger partial charge on any atom is 0.354 e. The van der Waals surface area contributed by atoms with E-state index in [1.54, 1.807) is 24.3 Å². The summed E-state index contributed by atoms with van der Waals surface area (Å²) in [4.78, 5) is 41.0. The summed E-state index contributed by atoms with van der Waals surface area (Å²) in [6, 6.07) is 38.2. The number of carbonyl (C=O) groups excluding carboxylic acids is 3. The average molecular weight is 720 g/mol. The van der Waals surface area contributed by atoms with E-state index in [0.29, 0.717) is 17.5 Å². The van der Waals surface area contributed by atoms with Crippen LogP contribution in [0.15, 0.2) is 133 Å². The topological polar surface area (TPSA) is 102 Å². The van der Waals surface area contributed by atoms with Crippen LogP contribution in [-0.2, 0) is 29.9 Å². The summed E-state index contributed by atoms with van der Waals surface area (Å²) in [7, 11) is -2.82. The zero-order chi connectivity index (χ0) is 31.4. The van der Waals surface area contributed by atoms with Gasteiger partial charge in [0.2, 0.25) is 0 Å². The van der Waals surface area contributed by atoms with E-state index in [0.717, 1.165) is 15.9 Å². The highest BCUT2D eigenvalue weighted by atomic mass is 79.9. The maximum absolute atomic E-state index is 13.9. The molecule has 8 nitrogen and oxygen atoms in total. The lowest BCUT2D eigenvalue weighted by Crippen LogP contribution is -3.00. The fourth-order valence-corrected chi connectivity index (χ4v) is 12.2. The van der Waals surface area contributed by atoms with E-state index in [1.807, 2.05) is 60.7 Å². The molecule has 3 atom stereocenters. The van der Waals surface area contributed by atoms with Crippen LogP contribution in [0.4, 0.5) is 0 Å². The summed E-state index contributed by atoms with van der Waals surface area (Å²) in [5.41, 5.74) is 0.692. The number of hydrogen-bond donors (Lipinski definition) is 1. The van der Waals surface area contributed by atoms with Gasteiger partial charge in [-0.2, -0.15) is 0 Å². The number of halogens is 1. The second-order valence-electron chi connectivity index (χ2n) is 10.7. The van der Waals surface area contributed by atoms with E-state index in [-0.39, 0.29) is 35.0 Å². The average Bonchev–Trinajstić information content (AvgIpc) is 3.09. The number of nitrogens with one attached hydrogen (secondary N) is 1. The van der Waals surface area contributed by atoms with Gasteiger partial charge in [0.1, 0.15) is 46.0 Å². The Labute approximate surface area is 281 Å². The lowest BCUT2D eigenvalue weighted by molar-refractivity contribution is -0.152. The van der Waals surface area contributed by atoms with Gasteiger partial charge in [0, 0.05) is 5.57 Å². The molecule has 4 aromatic carbocycles. The zero-order valence-electron chi connectivity index (χ0n) is 25.0. The van der Waals surface area contributed by atoms with Gasteiger partial charge in [-0.15, -0.1) is 0 Å². The van der Waals surface area contributed by atoms with E-state index >= 15 is 0 Å². The highest BCUT2D eigenvalue weighted by Gasteiger charge is 2.59. The molecule has 4 aromatic rings. The molecule has 0 unspecified atom stereocenters. The minimum Gasteiger partial charge on any atom is -1.00 e. The van der Waals surface area contributed by atoms with Gasteiger partial charge < -0.3 is 31.8 Å². The van der Waals surface area contributed by atoms with Crippen molar-refractivity contribution in [1.82, 2.24) is 10.2 Å². The van der Waals surface area contributed by atoms with Crippen LogP contribution in [-0.4, -0.2) is 63.9 Å². The molecule has 236 valence electrons. The monoisotopic (exact) mass is 718 g/mol. The lowest BCUT2D eigenvalue weighted by Gasteiger charge is -2.49. The summed E-state index contributed by atoms with van der Waals surface area (Å²) >= 11 is 0. The molecule has 0 spiro atoms. The first-order valence-corrected chi connectivity index (χ1v) is 17.8. The van der Waals surface area contributed by atoms with Crippen LogP contribution in [0, 0.1) is 0 Å². The number of methoxy groups -OCH3 is 1. The Morgan fingerprint density at radius 1 is 0.826 bits per heavy atom. The summed E-state index contributed by atoms with van der Waals surface area (Å²) in [6.07, 6.45) is 0.375. The lowest BCUT2D eigenvalue weighted by atomic mass is 10.0. The van der Waals surface area contributed by atoms with Crippen LogP contribution in [0.5, 0.6) is 5.75 Å². The maximum atomic E-state index is 13.9. The van der Waals surface area contributed by atoms with Crippen LogP contribution >= 0.6 is 7.26 Å². The molecule has 1 saturated heterocycles. The van der Waals surface area contributed by atoms with Gasteiger partial charge in [0.05, 0.1) is 29.8 Å². The van der Waals surface area contributed by atoms with Gasteiger partial charge in [0.25, 0.3) is 11.8 Å². The molecule has 0 aromatic heterocycles. The van der Waals surface area contributed by atoms with E-state index in [9.17, 15) is 18.6 Å². The molecule has 0 radical (unpaired) electrons. The van der Waals surface area contributed by atoms with Gasteiger partial charge in [0.15, 0.2) is 6.61 Å². The third kappa shape index (κ3) is 6.30. The molecule has 2 amide bonds. The molecule has 6 rings (SSSR count). The minimum atomic E-state index is -2.48. The second-order valence-corrected chi connectivity index (χ2v) is 15.7. The van der Waals surface area contributed by atoms with Crippen LogP contribution in [0.2, 0.25) is 0 Å². The number of β-lactam (4-membered cyclic amide) rings is 1. The molecule has 2 heterocycles. The Morgan fingerprint density at radius 2 is 1.30 bits per heavy atom. The predicted octanol–water partition coefficient (Wildman–Crippen LogP) is -0.0940. The fourth-order valence-electron chi connectivity index (χ4n) is 6.00. The Balaban J connectivity index is 0.00000417. The highest BCUT2D eigenvalue weighted by Crippen LogP contribution is 2.57. The molecule has 2 aliphatic rings. The molecule has 1 N–H and O–H groups in total. The van der Waals surface area contributed by atoms with Crippen LogP contribution in [0.3, 0.4) is 0 Å². The summed E-state index contributed by atoms with van der Waals surface area (Å²) < 4.78 is 24.6. The van der Waals surface area contributed by atoms with Crippen molar-refractivity contribution in [2.24, 2.45) is 0 Å². The molecule has 0 aliphatic carbocycles. The first-order chi connectivity index (χ1) is 21.9. The van der Waals surface area contributed by atoms with Gasteiger partial charge in [-0.3, -0.25) is 18.7 Å². The van der Waals surface area contributed by atoms with E-state index in [1.165, 1.54) is 12.0 Å². The molecule has 0 bridgehead atoms. The van der Waals surface area contributed by atoms with Crippen LogP contribution < -0.4 is 42.9 Å². The Kier molecular flexibility index (Phi) is 10.5. The highest BCUT2D eigenvalue weighted by molar-refractivity contribution is 7.96. The molecule has 2 aliphatic heterocycles. The standard InChI is InChI=1S/C35H31N2O6PS.BrH/c1-42-35(40)32-25(24-45(41)34-31(33(39)37(32)34)36-30(38)22-43-26-14-6-2-7-15-26)23-44(27-16-8-3-9-17-27,28-18-10-4-11-19-28)29-20-12-5-13-21-29;/h2-21,31,34H,22-24H2,1H3;1H/t31-,34-,45+;/m1./s1. The largest absolute Gasteiger partial charge is 1.00 e. The number of ether oxygens (including phenoxy) is 2. The third-order valence-electron chi connectivity index (χ3n) is 8.03. The van der Waals surface area contributed by atoms with Gasteiger partial charge >= 0.3 is 5.97 Å². The Hall–Kier alpha value is -4.11. The number of para-hydroxylation sites is 1. The number of benzene rings is 4. The molecule has 11 heteroatoms. The normalized spacial score (nSPS) is 18.8. The van der Waals surface area contributed by atoms with Crippen LogP contribution in [0.25, 0.3) is 0 Å². The number of carbonyl (C=O) groups is 3. The Morgan fingerprint density at radius 3 is 1.78 bits per heavy atom. The van der Waals surface area contributed by atoms with Gasteiger partial charge in [-0.05, 0) is 48.5 Å². The van der Waals surface area contributed by atoms with E-state index < -0.39 is 47.3 Å². The number of esters is 1. The quantitative estimate of drug-likeness (QED) is 0.140. The number of fused-ring (bicyclic) bond motifs is 1. The Bertz CT molecular complexity index is 1660. The van der Waals surface area contributed by atoms with Crippen molar-refractivity contribution in [2.75, 3.05) is 25.6 Å². The van der Waals surface area contributed by atoms with E-state index in [4.69, 9.17) is 9.47 Å². The first-order valence-electron chi connectivity index (χ1n) is 14.5. The first kappa shape index (κ1) is 33.3. The molecular weight excluding hydrogens is 687 g/mol. The number of rotatable bonds is 10. The molecular formula is C35H32BrN2O6PS. The zero-order valence-corrected chi connectivity index (χ0v) is 28.3. The fraction of sp³-hybridized carbons (Fsp3) is 0.171. The van der Waals surface area contributed by atoms with Crippen molar-refractivity contribution in [3.8, 4) is 5.75 Å². The van der Waals surface area contributed by atoms with Gasteiger partial charge in [-0.1, -0.05) is 72.8 Å². The van der Waals surface area contributed by atoms with Crippen molar-refractivity contribution in [1.29, 1.82) is 0 Å². The molecule has 0 saturated carbocycles. The smallest absolute Gasteiger partial charge is 0.354 e.